The van der Waals surface area contributed by atoms with Crippen molar-refractivity contribution in [1.29, 1.82) is 0 Å². The number of fused-ring (bicyclic) bond motifs is 1. The van der Waals surface area contributed by atoms with E-state index in [1.54, 1.807) is 11.2 Å². The van der Waals surface area contributed by atoms with Crippen LogP contribution in [0.4, 0.5) is 0 Å². The Hall–Kier alpha value is -1.88. The Morgan fingerprint density at radius 3 is 2.95 bits per heavy atom. The third-order valence-electron chi connectivity index (χ3n) is 4.00. The lowest BCUT2D eigenvalue weighted by molar-refractivity contribution is -0.132. The van der Waals surface area contributed by atoms with Crippen molar-refractivity contribution < 1.29 is 9.90 Å². The van der Waals surface area contributed by atoms with E-state index in [1.165, 1.54) is 0 Å². The molecular weight excluding hydrogens is 254 g/mol. The standard InChI is InChI=1S/C15H19N3O2/c1-17(8-11-6-12(19)7-11)15(20)9-18-10-16-13-4-2-3-5-14(13)18/h2-5,10-12,19H,6-9H2,1H3. The Morgan fingerprint density at radius 1 is 1.45 bits per heavy atom. The highest BCUT2D eigenvalue weighted by atomic mass is 16.3. The molecule has 1 aromatic carbocycles. The highest BCUT2D eigenvalue weighted by molar-refractivity contribution is 5.80. The molecule has 20 heavy (non-hydrogen) atoms. The summed E-state index contributed by atoms with van der Waals surface area (Å²) in [5.74, 6) is 0.521. The topological polar surface area (TPSA) is 58.4 Å². The van der Waals surface area contributed by atoms with Crippen molar-refractivity contribution in [1.82, 2.24) is 14.5 Å². The number of aliphatic hydroxyl groups is 1. The van der Waals surface area contributed by atoms with Crippen LogP contribution in [0.25, 0.3) is 11.0 Å². The summed E-state index contributed by atoms with van der Waals surface area (Å²) >= 11 is 0. The normalized spacial score (nSPS) is 21.7. The van der Waals surface area contributed by atoms with Gasteiger partial charge >= 0.3 is 0 Å². The van der Waals surface area contributed by atoms with Crippen molar-refractivity contribution in [2.75, 3.05) is 13.6 Å². The predicted octanol–water partition coefficient (Wildman–Crippen LogP) is 1.27. The lowest BCUT2D eigenvalue weighted by atomic mass is 9.82. The van der Waals surface area contributed by atoms with Gasteiger partial charge in [0.15, 0.2) is 0 Å². The fourth-order valence-electron chi connectivity index (χ4n) is 2.74. The summed E-state index contributed by atoms with van der Waals surface area (Å²) in [4.78, 5) is 18.3. The van der Waals surface area contributed by atoms with E-state index in [0.717, 1.165) is 30.4 Å². The molecule has 0 bridgehead atoms. The van der Waals surface area contributed by atoms with Gasteiger partial charge in [-0.1, -0.05) is 12.1 Å². The van der Waals surface area contributed by atoms with Gasteiger partial charge in [0.1, 0.15) is 6.54 Å². The second-order valence-electron chi connectivity index (χ2n) is 5.63. The van der Waals surface area contributed by atoms with E-state index in [0.29, 0.717) is 12.5 Å². The van der Waals surface area contributed by atoms with Gasteiger partial charge in [0.05, 0.1) is 23.5 Å². The number of rotatable bonds is 4. The zero-order chi connectivity index (χ0) is 14.1. The average molecular weight is 273 g/mol. The van der Waals surface area contributed by atoms with Gasteiger partial charge in [-0.25, -0.2) is 4.98 Å². The molecular formula is C15H19N3O2. The molecule has 1 heterocycles. The first-order valence-electron chi connectivity index (χ1n) is 6.95. The van der Waals surface area contributed by atoms with Crippen molar-refractivity contribution in [2.24, 2.45) is 5.92 Å². The van der Waals surface area contributed by atoms with Gasteiger partial charge in [-0.2, -0.15) is 0 Å². The Labute approximate surface area is 117 Å². The molecule has 1 amide bonds. The first kappa shape index (κ1) is 13.1. The number of likely N-dealkylation sites (N-methyl/N-ethyl adjacent to an activating group) is 1. The number of carbonyl (C=O) groups is 1. The van der Waals surface area contributed by atoms with Gasteiger partial charge in [-0.15, -0.1) is 0 Å². The molecule has 1 aliphatic carbocycles. The third-order valence-corrected chi connectivity index (χ3v) is 4.00. The van der Waals surface area contributed by atoms with Crippen LogP contribution in [0.2, 0.25) is 0 Å². The molecule has 1 fully saturated rings. The number of hydrogen-bond acceptors (Lipinski definition) is 3. The summed E-state index contributed by atoms with van der Waals surface area (Å²) in [6, 6.07) is 7.80. The fourth-order valence-corrected chi connectivity index (χ4v) is 2.74. The Bertz CT molecular complexity index is 616. The fraction of sp³-hybridized carbons (Fsp3) is 0.467. The monoisotopic (exact) mass is 273 g/mol. The molecule has 0 aliphatic heterocycles. The van der Waals surface area contributed by atoms with Crippen LogP contribution in [0.15, 0.2) is 30.6 Å². The molecule has 1 N–H and O–H groups in total. The maximum Gasteiger partial charge on any atom is 0.242 e. The molecule has 1 aliphatic rings. The molecule has 5 nitrogen and oxygen atoms in total. The quantitative estimate of drug-likeness (QED) is 0.912. The van der Waals surface area contributed by atoms with Crippen molar-refractivity contribution >= 4 is 16.9 Å². The zero-order valence-electron chi connectivity index (χ0n) is 11.6. The summed E-state index contributed by atoms with van der Waals surface area (Å²) in [6.07, 6.45) is 3.17. The van der Waals surface area contributed by atoms with Gasteiger partial charge < -0.3 is 14.6 Å². The molecule has 106 valence electrons. The van der Waals surface area contributed by atoms with Crippen molar-refractivity contribution in [3.05, 3.63) is 30.6 Å². The number of benzene rings is 1. The van der Waals surface area contributed by atoms with Crippen LogP contribution in [0, 0.1) is 5.92 Å². The van der Waals surface area contributed by atoms with Crippen LogP contribution in [-0.4, -0.2) is 45.2 Å². The van der Waals surface area contributed by atoms with E-state index >= 15 is 0 Å². The van der Waals surface area contributed by atoms with Crippen LogP contribution >= 0.6 is 0 Å². The minimum Gasteiger partial charge on any atom is -0.393 e. The minimum atomic E-state index is -0.166. The molecule has 0 atom stereocenters. The lowest BCUT2D eigenvalue weighted by Gasteiger charge is -2.34. The zero-order valence-corrected chi connectivity index (χ0v) is 11.6. The third kappa shape index (κ3) is 2.54. The minimum absolute atomic E-state index is 0.0783. The second-order valence-corrected chi connectivity index (χ2v) is 5.63. The summed E-state index contributed by atoms with van der Waals surface area (Å²) in [5, 5.41) is 9.28. The Balaban J connectivity index is 1.63. The van der Waals surface area contributed by atoms with Gasteiger partial charge in [-0.05, 0) is 30.9 Å². The van der Waals surface area contributed by atoms with Crippen LogP contribution in [0.1, 0.15) is 12.8 Å². The summed E-state index contributed by atoms with van der Waals surface area (Å²) in [5.41, 5.74) is 1.89. The maximum absolute atomic E-state index is 12.2. The number of imidazole rings is 1. The molecule has 5 heteroatoms. The number of nitrogens with zero attached hydrogens (tertiary/aromatic N) is 3. The smallest absolute Gasteiger partial charge is 0.242 e. The number of amides is 1. The Kier molecular flexibility index (Phi) is 3.44. The van der Waals surface area contributed by atoms with E-state index in [1.807, 2.05) is 35.9 Å². The molecule has 3 rings (SSSR count). The number of hydrogen-bond donors (Lipinski definition) is 1. The molecule has 2 aromatic rings. The van der Waals surface area contributed by atoms with Crippen molar-refractivity contribution in [3.8, 4) is 0 Å². The van der Waals surface area contributed by atoms with Crippen LogP contribution in [-0.2, 0) is 11.3 Å². The molecule has 0 spiro atoms. The van der Waals surface area contributed by atoms with Gasteiger partial charge in [0.2, 0.25) is 5.91 Å². The van der Waals surface area contributed by atoms with Crippen LogP contribution in [0.3, 0.4) is 0 Å². The van der Waals surface area contributed by atoms with E-state index < -0.39 is 0 Å². The average Bonchev–Trinajstić information content (AvgIpc) is 2.80. The molecule has 1 saturated carbocycles. The first-order valence-corrected chi connectivity index (χ1v) is 6.95. The maximum atomic E-state index is 12.2. The van der Waals surface area contributed by atoms with Gasteiger partial charge in [0.25, 0.3) is 0 Å². The SMILES string of the molecule is CN(CC1CC(O)C1)C(=O)Cn1cnc2ccccc21. The predicted molar refractivity (Wildman–Crippen MR) is 76.1 cm³/mol. The number of para-hydroxylation sites is 2. The number of carbonyl (C=O) groups excluding carboxylic acids is 1. The highest BCUT2D eigenvalue weighted by Crippen LogP contribution is 2.27. The largest absolute Gasteiger partial charge is 0.393 e. The van der Waals surface area contributed by atoms with Crippen molar-refractivity contribution in [2.45, 2.75) is 25.5 Å². The van der Waals surface area contributed by atoms with Gasteiger partial charge in [0, 0.05) is 13.6 Å². The summed E-state index contributed by atoms with van der Waals surface area (Å²) < 4.78 is 1.88. The Morgan fingerprint density at radius 2 is 2.20 bits per heavy atom. The molecule has 0 saturated heterocycles. The molecule has 1 aromatic heterocycles. The van der Waals surface area contributed by atoms with Crippen LogP contribution in [0.5, 0.6) is 0 Å². The number of aromatic nitrogens is 2. The van der Waals surface area contributed by atoms with Crippen molar-refractivity contribution in [3.63, 3.8) is 0 Å². The van der Waals surface area contributed by atoms with E-state index in [-0.39, 0.29) is 12.0 Å². The van der Waals surface area contributed by atoms with E-state index in [2.05, 4.69) is 4.98 Å². The summed E-state index contributed by atoms with van der Waals surface area (Å²) in [7, 11) is 1.83. The van der Waals surface area contributed by atoms with Crippen LogP contribution < -0.4 is 0 Å². The molecule has 0 unspecified atom stereocenters. The first-order chi connectivity index (χ1) is 9.63. The molecule has 0 radical (unpaired) electrons. The second kappa shape index (κ2) is 5.25. The highest BCUT2D eigenvalue weighted by Gasteiger charge is 2.29. The summed E-state index contributed by atoms with van der Waals surface area (Å²) in [6.45, 7) is 1.04. The lowest BCUT2D eigenvalue weighted by Crippen LogP contribution is -2.40. The van der Waals surface area contributed by atoms with E-state index in [9.17, 15) is 9.90 Å². The van der Waals surface area contributed by atoms with E-state index in [4.69, 9.17) is 0 Å². The van der Waals surface area contributed by atoms with Gasteiger partial charge in [-0.3, -0.25) is 4.79 Å². The number of aliphatic hydroxyl groups excluding tert-OH is 1.